The molecule has 10 nitrogen and oxygen atoms in total. The van der Waals surface area contributed by atoms with Crippen molar-refractivity contribution in [2.45, 2.75) is 38.9 Å². The van der Waals surface area contributed by atoms with Gasteiger partial charge in [-0.05, 0) is 86.7 Å². The summed E-state index contributed by atoms with van der Waals surface area (Å²) in [4.78, 5) is 27.5. The molecule has 0 amide bonds. The summed E-state index contributed by atoms with van der Waals surface area (Å²) in [7, 11) is 2.69. The van der Waals surface area contributed by atoms with E-state index in [4.69, 9.17) is 30.2 Å². The van der Waals surface area contributed by atoms with Gasteiger partial charge in [-0.25, -0.2) is 0 Å². The predicted molar refractivity (Wildman–Crippen MR) is 171 cm³/mol. The van der Waals surface area contributed by atoms with Gasteiger partial charge in [0.25, 0.3) is 0 Å². The molecule has 12 heteroatoms. The Morgan fingerprint density at radius 3 is 1.74 bits per heavy atom. The van der Waals surface area contributed by atoms with Crippen LogP contribution in [0.2, 0.25) is 0 Å². The zero-order chi connectivity index (χ0) is 31.1. The fourth-order valence-electron chi connectivity index (χ4n) is 3.79. The van der Waals surface area contributed by atoms with Gasteiger partial charge in [0.15, 0.2) is 0 Å². The molecule has 0 bridgehead atoms. The number of nitrogen functional groups attached to an aromatic ring is 2. The van der Waals surface area contributed by atoms with Crippen LogP contribution < -0.4 is 37.5 Å². The average Bonchev–Trinajstić information content (AvgIpc) is 3.17. The Bertz CT molecular complexity index is 1610. The fraction of sp³-hybridized carbons (Fsp3) is 0.267. The average molecular weight is 639 g/mol. The minimum absolute atomic E-state index is 0.131. The normalized spacial score (nSPS) is 14.6. The van der Waals surface area contributed by atoms with Crippen molar-refractivity contribution < 1.29 is 18.8 Å². The number of benzene rings is 2. The Hall–Kier alpha value is -4.00. The highest BCUT2D eigenvalue weighted by Gasteiger charge is 2.51. The summed E-state index contributed by atoms with van der Waals surface area (Å²) in [5.41, 5.74) is 14.0. The van der Waals surface area contributed by atoms with Crippen LogP contribution >= 0.6 is 15.9 Å². The van der Waals surface area contributed by atoms with Gasteiger partial charge in [0, 0.05) is 29.0 Å². The van der Waals surface area contributed by atoms with Crippen molar-refractivity contribution in [2.24, 2.45) is 0 Å². The number of halogens is 1. The van der Waals surface area contributed by atoms with Gasteiger partial charge in [0.2, 0.25) is 11.1 Å². The second-order valence-corrected chi connectivity index (χ2v) is 11.3. The lowest BCUT2D eigenvalue weighted by Gasteiger charge is -2.32. The van der Waals surface area contributed by atoms with Crippen LogP contribution in [-0.2, 0) is 9.31 Å². The number of hydrogen-bond donors (Lipinski definition) is 4. The maximum atomic E-state index is 11.2. The molecule has 1 fully saturated rings. The van der Waals surface area contributed by atoms with Gasteiger partial charge in [-0.1, -0.05) is 22.0 Å². The Balaban J connectivity index is 0.000000178. The highest BCUT2D eigenvalue weighted by atomic mass is 79.9. The molecular weight excluding hydrogens is 603 g/mol. The Morgan fingerprint density at radius 1 is 0.714 bits per heavy atom. The summed E-state index contributed by atoms with van der Waals surface area (Å²) >= 11 is 3.30. The summed E-state index contributed by atoms with van der Waals surface area (Å²) in [6, 6.07) is 17.6. The summed E-state index contributed by atoms with van der Waals surface area (Å²) in [5, 5.41) is 0. The van der Waals surface area contributed by atoms with Gasteiger partial charge >= 0.3 is 7.12 Å². The van der Waals surface area contributed by atoms with Crippen LogP contribution in [0.4, 0.5) is 11.4 Å². The molecule has 1 saturated heterocycles. The third kappa shape index (κ3) is 8.28. The molecular formula is C30H36BBrN4O6. The molecule has 2 aromatic heterocycles. The van der Waals surface area contributed by atoms with Crippen molar-refractivity contribution in [3.05, 3.63) is 98.2 Å². The lowest BCUT2D eigenvalue weighted by Crippen LogP contribution is -2.41. The number of aromatic nitrogens is 2. The number of nitrogens with two attached hydrogens (primary N) is 2. The molecule has 0 saturated carbocycles. The van der Waals surface area contributed by atoms with E-state index in [-0.39, 0.29) is 22.3 Å². The van der Waals surface area contributed by atoms with Gasteiger partial charge in [-0.15, -0.1) is 0 Å². The van der Waals surface area contributed by atoms with Gasteiger partial charge in [-0.2, -0.15) is 0 Å². The van der Waals surface area contributed by atoms with Crippen LogP contribution in [0, 0.1) is 0 Å². The number of ether oxygens (including phenoxy) is 2. The number of methoxy groups -OCH3 is 2. The first-order valence-electron chi connectivity index (χ1n) is 13.0. The highest BCUT2D eigenvalue weighted by Crippen LogP contribution is 2.36. The van der Waals surface area contributed by atoms with Crippen LogP contribution in [-0.4, -0.2) is 42.5 Å². The number of anilines is 2. The standard InChI is InChI=1S/C12H12N2O2.C11H16BNO3.C7H8BrNO/c1-16-11-6-8(2-3-10(11)13)9-4-5-14-12(15)7-9;1-10(2)11(3,4)16-12(15-10)8-5-6-13-9(14)7-8;1-10-7-4-5(8)2-3-6(7)9/h2-7H,13H2,1H3,(H,14,15);5-7H,1-4H3,(H,13,14);2-4H,9H2,1H3. The van der Waals surface area contributed by atoms with E-state index < -0.39 is 7.12 Å². The van der Waals surface area contributed by atoms with Crippen LogP contribution in [0.5, 0.6) is 11.5 Å². The maximum Gasteiger partial charge on any atom is 0.495 e. The molecule has 2 aromatic carbocycles. The first kappa shape index (κ1) is 32.5. The smallest absolute Gasteiger partial charge is 0.495 e. The van der Waals surface area contributed by atoms with Gasteiger partial charge < -0.3 is 40.2 Å². The van der Waals surface area contributed by atoms with Crippen LogP contribution in [0.1, 0.15) is 27.7 Å². The summed E-state index contributed by atoms with van der Waals surface area (Å²) in [6.45, 7) is 7.95. The molecule has 0 radical (unpaired) electrons. The van der Waals surface area contributed by atoms with E-state index in [1.807, 2.05) is 58.0 Å². The summed E-state index contributed by atoms with van der Waals surface area (Å²) < 4.78 is 22.7. The first-order chi connectivity index (χ1) is 19.8. The molecule has 5 rings (SSSR count). The second-order valence-electron chi connectivity index (χ2n) is 10.4. The molecule has 0 aliphatic carbocycles. The van der Waals surface area contributed by atoms with Gasteiger partial charge in [0.1, 0.15) is 11.5 Å². The van der Waals surface area contributed by atoms with Crippen molar-refractivity contribution in [1.29, 1.82) is 0 Å². The summed E-state index contributed by atoms with van der Waals surface area (Å²) in [5.74, 6) is 1.31. The molecule has 1 aliphatic rings. The number of nitrogens with one attached hydrogen (secondary N) is 2. The summed E-state index contributed by atoms with van der Waals surface area (Å²) in [6.07, 6.45) is 3.21. The number of aromatic amines is 2. The molecule has 6 N–H and O–H groups in total. The predicted octanol–water partition coefficient (Wildman–Crippen LogP) is 4.35. The van der Waals surface area contributed by atoms with E-state index in [0.29, 0.717) is 22.9 Å². The molecule has 0 unspecified atom stereocenters. The molecule has 42 heavy (non-hydrogen) atoms. The zero-order valence-electron chi connectivity index (χ0n) is 24.5. The lowest BCUT2D eigenvalue weighted by atomic mass is 9.80. The quantitative estimate of drug-likeness (QED) is 0.190. The number of pyridine rings is 2. The van der Waals surface area contributed by atoms with Crippen LogP contribution in [0.25, 0.3) is 11.1 Å². The lowest BCUT2D eigenvalue weighted by molar-refractivity contribution is 0.00578. The molecule has 3 heterocycles. The Morgan fingerprint density at radius 2 is 1.21 bits per heavy atom. The maximum absolute atomic E-state index is 11.2. The number of hydrogen-bond acceptors (Lipinski definition) is 8. The van der Waals surface area contributed by atoms with Gasteiger partial charge in [-0.3, -0.25) is 9.59 Å². The van der Waals surface area contributed by atoms with Crippen LogP contribution in [0.3, 0.4) is 0 Å². The van der Waals surface area contributed by atoms with E-state index >= 15 is 0 Å². The molecule has 1 aliphatic heterocycles. The van der Waals surface area contributed by atoms with Crippen molar-refractivity contribution >= 4 is 39.9 Å². The van der Waals surface area contributed by atoms with Crippen molar-refractivity contribution in [3.63, 3.8) is 0 Å². The van der Waals surface area contributed by atoms with E-state index in [2.05, 4.69) is 25.9 Å². The first-order valence-corrected chi connectivity index (χ1v) is 13.8. The van der Waals surface area contributed by atoms with Crippen molar-refractivity contribution in [1.82, 2.24) is 9.97 Å². The fourth-order valence-corrected chi connectivity index (χ4v) is 4.13. The minimum Gasteiger partial charge on any atom is -0.495 e. The van der Waals surface area contributed by atoms with E-state index in [1.165, 1.54) is 12.1 Å². The second kappa shape index (κ2) is 13.8. The third-order valence-electron chi connectivity index (χ3n) is 6.86. The molecule has 0 atom stereocenters. The third-order valence-corrected chi connectivity index (χ3v) is 7.36. The van der Waals surface area contributed by atoms with E-state index in [9.17, 15) is 9.59 Å². The van der Waals surface area contributed by atoms with E-state index in [0.717, 1.165) is 21.1 Å². The Kier molecular flexibility index (Phi) is 10.7. The minimum atomic E-state index is -0.465. The van der Waals surface area contributed by atoms with Crippen molar-refractivity contribution in [2.75, 3.05) is 25.7 Å². The number of rotatable bonds is 4. The topological polar surface area (TPSA) is 155 Å². The molecule has 222 valence electrons. The Labute approximate surface area is 253 Å². The molecule has 4 aromatic rings. The molecule has 0 spiro atoms. The SMILES string of the molecule is CC1(C)OB(c2cc[nH]c(=O)c2)OC1(C)C.COc1cc(-c2cc[nH]c(=O)c2)ccc1N.COc1cc(Br)ccc1N. The zero-order valence-corrected chi connectivity index (χ0v) is 26.1. The van der Waals surface area contributed by atoms with E-state index in [1.54, 1.807) is 44.8 Å². The monoisotopic (exact) mass is 638 g/mol. The van der Waals surface area contributed by atoms with Crippen molar-refractivity contribution in [3.8, 4) is 22.6 Å². The number of H-pyrrole nitrogens is 2. The largest absolute Gasteiger partial charge is 0.495 e. The highest BCUT2D eigenvalue weighted by molar-refractivity contribution is 9.10. The van der Waals surface area contributed by atoms with Gasteiger partial charge in [0.05, 0.1) is 36.8 Å². The van der Waals surface area contributed by atoms with Crippen LogP contribution in [0.15, 0.2) is 87.1 Å².